The molecule has 2 rings (SSSR count). The van der Waals surface area contributed by atoms with Gasteiger partial charge in [-0.3, -0.25) is 4.79 Å². The Labute approximate surface area is 155 Å². The van der Waals surface area contributed by atoms with E-state index in [1.54, 1.807) is 0 Å². The Kier molecular flexibility index (Phi) is 8.72. The van der Waals surface area contributed by atoms with Crippen LogP contribution in [-0.2, 0) is 11.3 Å². The number of carbonyl (C=O) groups excluding carboxylic acids is 2. The summed E-state index contributed by atoms with van der Waals surface area (Å²) in [5, 5.41) is 5.63. The monoisotopic (exact) mass is 368 g/mol. The van der Waals surface area contributed by atoms with Gasteiger partial charge in [0, 0.05) is 25.7 Å². The number of urea groups is 1. The van der Waals surface area contributed by atoms with Crippen LogP contribution in [0.1, 0.15) is 32.3 Å². The number of nitrogens with two attached hydrogens (primary N) is 1. The highest BCUT2D eigenvalue weighted by atomic mass is 35.5. The molecule has 1 fully saturated rings. The van der Waals surface area contributed by atoms with Crippen LogP contribution >= 0.6 is 12.4 Å². The van der Waals surface area contributed by atoms with Gasteiger partial charge in [0.05, 0.1) is 0 Å². The molecule has 1 aromatic rings. The van der Waals surface area contributed by atoms with Crippen molar-refractivity contribution in [3.05, 3.63) is 35.9 Å². The molecule has 1 saturated heterocycles. The molecule has 25 heavy (non-hydrogen) atoms. The van der Waals surface area contributed by atoms with Gasteiger partial charge < -0.3 is 21.3 Å². The molecule has 1 unspecified atom stereocenters. The van der Waals surface area contributed by atoms with E-state index in [0.717, 1.165) is 18.4 Å². The van der Waals surface area contributed by atoms with Gasteiger partial charge in [-0.05, 0) is 24.3 Å². The third-order valence-electron chi connectivity index (χ3n) is 4.37. The molecule has 3 amide bonds. The number of piperidine rings is 1. The van der Waals surface area contributed by atoms with Gasteiger partial charge in [-0.1, -0.05) is 44.2 Å². The van der Waals surface area contributed by atoms with Gasteiger partial charge in [-0.15, -0.1) is 12.4 Å². The minimum Gasteiger partial charge on any atom is -0.341 e. The lowest BCUT2D eigenvalue weighted by atomic mass is 10.00. The second-order valence-electron chi connectivity index (χ2n) is 6.70. The molecule has 0 aromatic heterocycles. The van der Waals surface area contributed by atoms with Crippen LogP contribution in [-0.4, -0.2) is 42.0 Å². The molecule has 0 saturated carbocycles. The Morgan fingerprint density at radius 3 is 2.36 bits per heavy atom. The van der Waals surface area contributed by atoms with Gasteiger partial charge >= 0.3 is 6.03 Å². The predicted molar refractivity (Wildman–Crippen MR) is 101 cm³/mol. The first-order valence-corrected chi connectivity index (χ1v) is 8.60. The van der Waals surface area contributed by atoms with E-state index in [9.17, 15) is 9.59 Å². The van der Waals surface area contributed by atoms with Crippen LogP contribution in [0, 0.1) is 5.92 Å². The van der Waals surface area contributed by atoms with Crippen molar-refractivity contribution in [2.75, 3.05) is 13.1 Å². The molecule has 1 atom stereocenters. The summed E-state index contributed by atoms with van der Waals surface area (Å²) in [5.41, 5.74) is 6.91. The third-order valence-corrected chi connectivity index (χ3v) is 4.37. The van der Waals surface area contributed by atoms with Crippen molar-refractivity contribution in [3.63, 3.8) is 0 Å². The summed E-state index contributed by atoms with van der Waals surface area (Å²) in [4.78, 5) is 26.7. The zero-order valence-electron chi connectivity index (χ0n) is 14.9. The Morgan fingerprint density at radius 2 is 1.80 bits per heavy atom. The van der Waals surface area contributed by atoms with Gasteiger partial charge in [-0.2, -0.15) is 0 Å². The maximum absolute atomic E-state index is 12.7. The van der Waals surface area contributed by atoms with Gasteiger partial charge in [0.1, 0.15) is 6.04 Å². The number of rotatable bonds is 5. The summed E-state index contributed by atoms with van der Waals surface area (Å²) in [6.07, 6.45) is 1.63. The van der Waals surface area contributed by atoms with Gasteiger partial charge in [0.15, 0.2) is 0 Å². The summed E-state index contributed by atoms with van der Waals surface area (Å²) in [7, 11) is 0. The highest BCUT2D eigenvalue weighted by molar-refractivity contribution is 5.87. The number of hydrogen-bond acceptors (Lipinski definition) is 3. The number of carbonyl (C=O) groups is 2. The van der Waals surface area contributed by atoms with E-state index in [1.807, 2.05) is 49.1 Å². The van der Waals surface area contributed by atoms with E-state index in [-0.39, 0.29) is 36.3 Å². The van der Waals surface area contributed by atoms with Crippen molar-refractivity contribution in [2.24, 2.45) is 11.7 Å². The molecule has 4 N–H and O–H groups in total. The fourth-order valence-electron chi connectivity index (χ4n) is 2.80. The molecule has 1 heterocycles. The van der Waals surface area contributed by atoms with Crippen molar-refractivity contribution < 1.29 is 9.59 Å². The zero-order chi connectivity index (χ0) is 17.5. The van der Waals surface area contributed by atoms with E-state index in [4.69, 9.17) is 5.73 Å². The number of hydrogen-bond donors (Lipinski definition) is 3. The Balaban J connectivity index is 0.00000312. The first kappa shape index (κ1) is 21.3. The molecule has 1 aromatic carbocycles. The maximum atomic E-state index is 12.7. The molecular weight excluding hydrogens is 340 g/mol. The van der Waals surface area contributed by atoms with Gasteiger partial charge in [0.25, 0.3) is 0 Å². The van der Waals surface area contributed by atoms with E-state index in [1.165, 1.54) is 0 Å². The van der Waals surface area contributed by atoms with Crippen molar-refractivity contribution >= 4 is 24.3 Å². The summed E-state index contributed by atoms with van der Waals surface area (Å²) in [6, 6.07) is 9.02. The smallest absolute Gasteiger partial charge is 0.315 e. The second-order valence-corrected chi connectivity index (χ2v) is 6.70. The quantitative estimate of drug-likeness (QED) is 0.741. The normalized spacial score (nSPS) is 16.1. The predicted octanol–water partition coefficient (Wildman–Crippen LogP) is 1.88. The molecule has 0 aliphatic carbocycles. The van der Waals surface area contributed by atoms with E-state index in [2.05, 4.69) is 10.6 Å². The highest BCUT2D eigenvalue weighted by Crippen LogP contribution is 2.13. The maximum Gasteiger partial charge on any atom is 0.315 e. The van der Waals surface area contributed by atoms with Gasteiger partial charge in [-0.25, -0.2) is 4.79 Å². The van der Waals surface area contributed by atoms with Crippen molar-refractivity contribution in [1.82, 2.24) is 15.5 Å². The van der Waals surface area contributed by atoms with Crippen LogP contribution in [0.3, 0.4) is 0 Å². The fraction of sp³-hybridized carbons (Fsp3) is 0.556. The largest absolute Gasteiger partial charge is 0.341 e. The Hall–Kier alpha value is -1.79. The van der Waals surface area contributed by atoms with Crippen LogP contribution in [0.25, 0.3) is 0 Å². The standard InChI is InChI=1S/C18H28N4O2.ClH/c1-13(2)16(17(23)22-10-8-15(19)9-11-22)21-18(24)20-12-14-6-4-3-5-7-14;/h3-7,13,15-16H,8-12,19H2,1-2H3,(H2,20,21,24);1H. The first-order valence-electron chi connectivity index (χ1n) is 8.60. The molecule has 0 bridgehead atoms. The zero-order valence-corrected chi connectivity index (χ0v) is 15.7. The number of benzene rings is 1. The van der Waals surface area contributed by atoms with Crippen molar-refractivity contribution in [3.8, 4) is 0 Å². The second kappa shape index (κ2) is 10.3. The van der Waals surface area contributed by atoms with Crippen LogP contribution in [0.4, 0.5) is 4.79 Å². The highest BCUT2D eigenvalue weighted by Gasteiger charge is 2.30. The molecule has 1 aliphatic heterocycles. The minimum atomic E-state index is -0.518. The first-order chi connectivity index (χ1) is 11.5. The number of likely N-dealkylation sites (tertiary alicyclic amines) is 1. The lowest BCUT2D eigenvalue weighted by molar-refractivity contribution is -0.135. The number of halogens is 1. The van der Waals surface area contributed by atoms with Crippen LogP contribution in [0.15, 0.2) is 30.3 Å². The third kappa shape index (κ3) is 6.55. The summed E-state index contributed by atoms with van der Waals surface area (Å²) < 4.78 is 0. The number of amides is 3. The molecule has 0 spiro atoms. The van der Waals surface area contributed by atoms with Crippen LogP contribution in [0.2, 0.25) is 0 Å². The average molecular weight is 369 g/mol. The Morgan fingerprint density at radius 1 is 1.20 bits per heavy atom. The molecule has 0 radical (unpaired) electrons. The number of nitrogens with zero attached hydrogens (tertiary/aromatic N) is 1. The average Bonchev–Trinajstić information content (AvgIpc) is 2.58. The number of nitrogens with one attached hydrogen (secondary N) is 2. The minimum absolute atomic E-state index is 0. The van der Waals surface area contributed by atoms with Crippen LogP contribution in [0.5, 0.6) is 0 Å². The van der Waals surface area contributed by atoms with Crippen molar-refractivity contribution in [1.29, 1.82) is 0 Å². The van der Waals surface area contributed by atoms with Crippen LogP contribution < -0.4 is 16.4 Å². The summed E-state index contributed by atoms with van der Waals surface area (Å²) in [6.45, 7) is 5.64. The molecule has 140 valence electrons. The lowest BCUT2D eigenvalue weighted by Crippen LogP contribution is -2.55. The van der Waals surface area contributed by atoms with Gasteiger partial charge in [0.2, 0.25) is 5.91 Å². The van der Waals surface area contributed by atoms with Crippen molar-refractivity contribution in [2.45, 2.75) is 45.3 Å². The molecule has 1 aliphatic rings. The fourth-order valence-corrected chi connectivity index (χ4v) is 2.80. The molecule has 6 nitrogen and oxygen atoms in total. The molecular formula is C18H29ClN4O2. The topological polar surface area (TPSA) is 87.5 Å². The summed E-state index contributed by atoms with van der Waals surface area (Å²) >= 11 is 0. The molecule has 7 heteroatoms. The SMILES string of the molecule is CC(C)C(NC(=O)NCc1ccccc1)C(=O)N1CCC(N)CC1.Cl. The lowest BCUT2D eigenvalue weighted by Gasteiger charge is -2.34. The van der Waals surface area contributed by atoms with E-state index >= 15 is 0 Å². The van der Waals surface area contributed by atoms with E-state index < -0.39 is 6.04 Å². The van der Waals surface area contributed by atoms with E-state index in [0.29, 0.717) is 19.6 Å². The summed E-state index contributed by atoms with van der Waals surface area (Å²) in [5.74, 6) is 0.00216. The Bertz CT molecular complexity index is 545.